The Morgan fingerprint density at radius 2 is 2.00 bits per heavy atom. The van der Waals surface area contributed by atoms with Crippen molar-refractivity contribution in [2.75, 3.05) is 19.6 Å². The van der Waals surface area contributed by atoms with Crippen LogP contribution in [0, 0.1) is 19.8 Å². The summed E-state index contributed by atoms with van der Waals surface area (Å²) < 4.78 is 0. The van der Waals surface area contributed by atoms with Gasteiger partial charge in [-0.05, 0) is 57.6 Å². The van der Waals surface area contributed by atoms with Crippen LogP contribution in [0.2, 0.25) is 0 Å². The normalized spacial score (nSPS) is 23.6. The Hall–Kier alpha value is -2.57. The number of piperidine rings is 1. The summed E-state index contributed by atoms with van der Waals surface area (Å²) in [5.74, 6) is 0.815. The number of urea groups is 1. The highest BCUT2D eigenvalue weighted by Crippen LogP contribution is 2.30. The van der Waals surface area contributed by atoms with Gasteiger partial charge in [-0.1, -0.05) is 23.8 Å². The molecule has 152 valence electrons. The molecule has 7 nitrogen and oxygen atoms in total. The number of benzene rings is 1. The molecule has 7 heteroatoms. The summed E-state index contributed by atoms with van der Waals surface area (Å²) >= 11 is 0. The van der Waals surface area contributed by atoms with Gasteiger partial charge in [0.05, 0.1) is 6.54 Å². The van der Waals surface area contributed by atoms with Crippen molar-refractivity contribution in [2.24, 2.45) is 10.9 Å². The lowest BCUT2D eigenvalue weighted by molar-refractivity contribution is -0.125. The van der Waals surface area contributed by atoms with Gasteiger partial charge in [-0.2, -0.15) is 0 Å². The zero-order valence-corrected chi connectivity index (χ0v) is 17.3. The first-order chi connectivity index (χ1) is 13.3. The van der Waals surface area contributed by atoms with Crippen LogP contribution < -0.4 is 16.0 Å². The highest BCUT2D eigenvalue weighted by atomic mass is 16.2. The first kappa shape index (κ1) is 20.2. The van der Waals surface area contributed by atoms with Gasteiger partial charge in [0.25, 0.3) is 5.91 Å². The third kappa shape index (κ3) is 4.13. The molecule has 0 saturated carbocycles. The van der Waals surface area contributed by atoms with E-state index in [1.165, 1.54) is 16.7 Å². The highest BCUT2D eigenvalue weighted by molar-refractivity contribution is 6.07. The third-order valence-electron chi connectivity index (χ3n) is 5.92. The zero-order valence-electron chi connectivity index (χ0n) is 17.3. The Morgan fingerprint density at radius 1 is 1.29 bits per heavy atom. The molecule has 1 aromatic rings. The van der Waals surface area contributed by atoms with Crippen molar-refractivity contribution in [3.8, 4) is 0 Å². The number of carbonyl (C=O) groups excluding carboxylic acids is 2. The lowest BCUT2D eigenvalue weighted by atomic mass is 9.79. The number of likely N-dealkylation sites (tertiary alicyclic amines) is 1. The Bertz CT molecular complexity index is 783. The van der Waals surface area contributed by atoms with Crippen LogP contribution >= 0.6 is 0 Å². The summed E-state index contributed by atoms with van der Waals surface area (Å²) in [7, 11) is 0. The second-order valence-electron chi connectivity index (χ2n) is 7.97. The van der Waals surface area contributed by atoms with Gasteiger partial charge in [0, 0.05) is 19.6 Å². The van der Waals surface area contributed by atoms with Crippen molar-refractivity contribution in [1.29, 1.82) is 0 Å². The molecular weight excluding hydrogens is 354 g/mol. The molecule has 3 N–H and O–H groups in total. The van der Waals surface area contributed by atoms with Crippen LogP contribution in [0.25, 0.3) is 0 Å². The molecule has 1 atom stereocenters. The predicted octanol–water partition coefficient (Wildman–Crippen LogP) is 2.08. The van der Waals surface area contributed by atoms with Crippen LogP contribution in [0.1, 0.15) is 43.4 Å². The number of hydrogen-bond donors (Lipinski definition) is 3. The molecule has 28 heavy (non-hydrogen) atoms. The van der Waals surface area contributed by atoms with Crippen LogP contribution in [0.3, 0.4) is 0 Å². The number of nitrogens with zero attached hydrogens (tertiary/aromatic N) is 2. The van der Waals surface area contributed by atoms with Crippen LogP contribution in [-0.4, -0.2) is 48.0 Å². The molecule has 0 aliphatic carbocycles. The van der Waals surface area contributed by atoms with Crippen molar-refractivity contribution in [1.82, 2.24) is 20.9 Å². The second-order valence-corrected chi connectivity index (χ2v) is 7.97. The number of imide groups is 1. The first-order valence-electron chi connectivity index (χ1n) is 10.1. The smallest absolute Gasteiger partial charge is 0.322 e. The molecule has 2 aliphatic heterocycles. The molecule has 0 aromatic heterocycles. The molecule has 3 rings (SSSR count). The van der Waals surface area contributed by atoms with E-state index in [9.17, 15) is 9.59 Å². The first-order valence-corrected chi connectivity index (χ1v) is 10.1. The number of hydrogen-bond acceptors (Lipinski definition) is 3. The molecule has 1 unspecified atom stereocenters. The maximum atomic E-state index is 12.2. The topological polar surface area (TPSA) is 85.8 Å². The minimum Gasteiger partial charge on any atom is -0.357 e. The minimum absolute atomic E-state index is 0.123. The van der Waals surface area contributed by atoms with E-state index in [0.717, 1.165) is 38.4 Å². The number of aliphatic imine (C=N–C) groups is 1. The molecular formula is C21H31N5O2. The Balaban J connectivity index is 1.66. The van der Waals surface area contributed by atoms with E-state index >= 15 is 0 Å². The van der Waals surface area contributed by atoms with Gasteiger partial charge >= 0.3 is 6.03 Å². The molecule has 0 spiro atoms. The summed E-state index contributed by atoms with van der Waals surface area (Å²) in [6, 6.07) is 6.06. The standard InChI is InChI=1S/C21H31N5O2/c1-5-22-19(23-13-16-7-6-14(2)12-15(16)3)26-10-8-17(9-11-26)21(4)18(27)24-20(28)25-21/h6-7,12,17H,5,8-11,13H2,1-4H3,(H,22,23)(H2,24,25,27,28). The van der Waals surface area contributed by atoms with Gasteiger partial charge < -0.3 is 15.5 Å². The van der Waals surface area contributed by atoms with Crippen LogP contribution in [0.4, 0.5) is 4.79 Å². The van der Waals surface area contributed by atoms with Crippen molar-refractivity contribution in [3.63, 3.8) is 0 Å². The van der Waals surface area contributed by atoms with Gasteiger partial charge in [0.1, 0.15) is 5.54 Å². The predicted molar refractivity (Wildman–Crippen MR) is 110 cm³/mol. The second kappa shape index (κ2) is 8.20. The molecule has 2 heterocycles. The van der Waals surface area contributed by atoms with Gasteiger partial charge in [-0.25, -0.2) is 9.79 Å². The monoisotopic (exact) mass is 385 g/mol. The summed E-state index contributed by atoms with van der Waals surface area (Å²) in [6.45, 7) is 11.2. The quantitative estimate of drug-likeness (QED) is 0.421. The Labute approximate surface area is 167 Å². The van der Waals surface area contributed by atoms with Gasteiger partial charge in [-0.3, -0.25) is 10.1 Å². The number of carbonyl (C=O) groups is 2. The SMILES string of the molecule is CCNC(=NCc1ccc(C)cc1C)N1CCC(C2(C)NC(=O)NC2=O)CC1. The summed E-state index contributed by atoms with van der Waals surface area (Å²) in [4.78, 5) is 30.8. The average molecular weight is 386 g/mol. The summed E-state index contributed by atoms with van der Waals surface area (Å²) in [5, 5.41) is 8.57. The fourth-order valence-corrected chi connectivity index (χ4v) is 4.12. The van der Waals surface area contributed by atoms with E-state index in [1.807, 2.05) is 6.92 Å². The van der Waals surface area contributed by atoms with Gasteiger partial charge in [0.15, 0.2) is 5.96 Å². The van der Waals surface area contributed by atoms with Gasteiger partial charge in [-0.15, -0.1) is 0 Å². The molecule has 3 amide bonds. The van der Waals surface area contributed by atoms with Crippen LogP contribution in [-0.2, 0) is 11.3 Å². The average Bonchev–Trinajstić information content (AvgIpc) is 2.93. The van der Waals surface area contributed by atoms with Crippen LogP contribution in [0.15, 0.2) is 23.2 Å². The molecule has 0 bridgehead atoms. The maximum absolute atomic E-state index is 12.2. The maximum Gasteiger partial charge on any atom is 0.322 e. The summed E-state index contributed by atoms with van der Waals surface area (Å²) in [5.41, 5.74) is 2.94. The van der Waals surface area contributed by atoms with Crippen molar-refractivity contribution >= 4 is 17.9 Å². The molecule has 0 radical (unpaired) electrons. The van der Waals surface area contributed by atoms with E-state index in [1.54, 1.807) is 0 Å². The Kier molecular flexibility index (Phi) is 5.91. The largest absolute Gasteiger partial charge is 0.357 e. The number of amides is 3. The van der Waals surface area contributed by atoms with Gasteiger partial charge in [0.2, 0.25) is 0 Å². The molecule has 1 aromatic carbocycles. The number of nitrogens with one attached hydrogen (secondary N) is 3. The lowest BCUT2D eigenvalue weighted by Crippen LogP contribution is -2.55. The highest BCUT2D eigenvalue weighted by Gasteiger charge is 2.48. The van der Waals surface area contributed by atoms with Crippen molar-refractivity contribution in [3.05, 3.63) is 34.9 Å². The third-order valence-corrected chi connectivity index (χ3v) is 5.92. The molecule has 2 saturated heterocycles. The lowest BCUT2D eigenvalue weighted by Gasteiger charge is -2.39. The summed E-state index contributed by atoms with van der Waals surface area (Å²) in [6.07, 6.45) is 1.66. The number of rotatable bonds is 4. The van der Waals surface area contributed by atoms with E-state index in [0.29, 0.717) is 6.54 Å². The van der Waals surface area contributed by atoms with E-state index < -0.39 is 11.6 Å². The fraction of sp³-hybridized carbons (Fsp3) is 0.571. The van der Waals surface area contributed by atoms with E-state index in [4.69, 9.17) is 4.99 Å². The minimum atomic E-state index is -0.808. The fourth-order valence-electron chi connectivity index (χ4n) is 4.12. The van der Waals surface area contributed by atoms with Crippen molar-refractivity contribution in [2.45, 2.75) is 52.6 Å². The van der Waals surface area contributed by atoms with Crippen LogP contribution in [0.5, 0.6) is 0 Å². The van der Waals surface area contributed by atoms with E-state index in [-0.39, 0.29) is 11.8 Å². The zero-order chi connectivity index (χ0) is 20.3. The Morgan fingerprint density at radius 3 is 2.57 bits per heavy atom. The number of guanidine groups is 1. The molecule has 2 fully saturated rings. The number of aryl methyl sites for hydroxylation is 2. The van der Waals surface area contributed by atoms with E-state index in [2.05, 4.69) is 59.8 Å². The molecule has 2 aliphatic rings. The van der Waals surface area contributed by atoms with Crippen molar-refractivity contribution < 1.29 is 9.59 Å².